The van der Waals surface area contributed by atoms with Crippen LogP contribution in [0.25, 0.3) is 0 Å². The summed E-state index contributed by atoms with van der Waals surface area (Å²) in [6.45, 7) is 0. The third kappa shape index (κ3) is 3.29. The van der Waals surface area contributed by atoms with Gasteiger partial charge in [0, 0.05) is 10.0 Å². The minimum Gasteiger partial charge on any atom is -0.507 e. The second-order valence-electron chi connectivity index (χ2n) is 3.21. The van der Waals surface area contributed by atoms with Crippen LogP contribution in [0.1, 0.15) is 11.3 Å². The number of phenols is 1. The van der Waals surface area contributed by atoms with Crippen LogP contribution >= 0.6 is 15.9 Å². The zero-order chi connectivity index (χ0) is 12.1. The molecule has 1 aromatic heterocycles. The van der Waals surface area contributed by atoms with Gasteiger partial charge in [0.1, 0.15) is 11.5 Å². The molecule has 4 nitrogen and oxygen atoms in total. The number of furan rings is 1. The molecule has 17 heavy (non-hydrogen) atoms. The molecule has 86 valence electrons. The molecule has 0 bridgehead atoms. The summed E-state index contributed by atoms with van der Waals surface area (Å²) in [7, 11) is 0. The van der Waals surface area contributed by atoms with Crippen LogP contribution in [-0.4, -0.2) is 17.5 Å². The van der Waals surface area contributed by atoms with Crippen molar-refractivity contribution in [1.29, 1.82) is 0 Å². The number of phenolic OH excluding ortho intramolecular Hbond substituents is 1. The van der Waals surface area contributed by atoms with Gasteiger partial charge in [-0.25, -0.2) is 0 Å². The van der Waals surface area contributed by atoms with Crippen molar-refractivity contribution in [3.63, 3.8) is 0 Å². The fourth-order valence-corrected chi connectivity index (χ4v) is 1.56. The molecule has 2 aromatic rings. The second kappa shape index (κ2) is 5.45. The van der Waals surface area contributed by atoms with Gasteiger partial charge in [0.25, 0.3) is 0 Å². The van der Waals surface area contributed by atoms with Crippen LogP contribution in [0.2, 0.25) is 0 Å². The van der Waals surface area contributed by atoms with Gasteiger partial charge >= 0.3 is 0 Å². The highest BCUT2D eigenvalue weighted by Gasteiger charge is 1.97. The zero-order valence-corrected chi connectivity index (χ0v) is 10.3. The van der Waals surface area contributed by atoms with E-state index >= 15 is 0 Å². The highest BCUT2D eigenvalue weighted by Crippen LogP contribution is 2.19. The Morgan fingerprint density at radius 2 is 2.00 bits per heavy atom. The minimum absolute atomic E-state index is 0.158. The average Bonchev–Trinajstić information content (AvgIpc) is 2.82. The molecule has 0 aliphatic heterocycles. The summed E-state index contributed by atoms with van der Waals surface area (Å²) in [5, 5.41) is 17.2. The molecule has 5 heteroatoms. The smallest absolute Gasteiger partial charge is 0.146 e. The Bertz CT molecular complexity index is 548. The molecule has 0 atom stereocenters. The fourth-order valence-electron chi connectivity index (χ4n) is 1.18. The van der Waals surface area contributed by atoms with E-state index in [0.717, 1.165) is 4.47 Å². The van der Waals surface area contributed by atoms with Crippen LogP contribution in [0.5, 0.6) is 5.75 Å². The third-order valence-electron chi connectivity index (χ3n) is 1.98. The standard InChI is InChI=1S/C12H9BrN2O2/c13-10-3-4-12(16)9(6-10)7-14-15-8-11-2-1-5-17-11/h1-8,16H/b14-7-,15-8+. The number of hydrogen-bond acceptors (Lipinski definition) is 4. The number of halogens is 1. The lowest BCUT2D eigenvalue weighted by molar-refractivity contribution is 0.474. The van der Waals surface area contributed by atoms with Gasteiger partial charge in [0.05, 0.1) is 18.7 Å². The maximum Gasteiger partial charge on any atom is 0.146 e. The number of rotatable bonds is 3. The monoisotopic (exact) mass is 292 g/mol. The summed E-state index contributed by atoms with van der Waals surface area (Å²) in [6, 6.07) is 8.63. The Kier molecular flexibility index (Phi) is 3.72. The topological polar surface area (TPSA) is 58.1 Å². The van der Waals surface area contributed by atoms with E-state index in [4.69, 9.17) is 4.42 Å². The van der Waals surface area contributed by atoms with E-state index in [0.29, 0.717) is 11.3 Å². The maximum absolute atomic E-state index is 9.54. The third-order valence-corrected chi connectivity index (χ3v) is 2.47. The first-order valence-corrected chi connectivity index (χ1v) is 5.63. The van der Waals surface area contributed by atoms with Crippen molar-refractivity contribution in [3.8, 4) is 5.75 Å². The maximum atomic E-state index is 9.54. The highest BCUT2D eigenvalue weighted by atomic mass is 79.9. The van der Waals surface area contributed by atoms with E-state index in [1.807, 2.05) is 0 Å². The molecule has 1 heterocycles. The van der Waals surface area contributed by atoms with Crippen LogP contribution < -0.4 is 0 Å². The molecule has 2 rings (SSSR count). The SMILES string of the molecule is Oc1ccc(Br)cc1/C=N\N=C\c1ccco1. The van der Waals surface area contributed by atoms with Gasteiger partial charge in [0.2, 0.25) is 0 Å². The van der Waals surface area contributed by atoms with Crippen molar-refractivity contribution in [3.05, 3.63) is 52.4 Å². The van der Waals surface area contributed by atoms with Crippen LogP contribution in [0, 0.1) is 0 Å². The number of nitrogens with zero attached hydrogens (tertiary/aromatic N) is 2. The van der Waals surface area contributed by atoms with Gasteiger partial charge in [-0.3, -0.25) is 0 Å². The quantitative estimate of drug-likeness (QED) is 0.698. The van der Waals surface area contributed by atoms with Crippen molar-refractivity contribution >= 4 is 28.4 Å². The lowest BCUT2D eigenvalue weighted by atomic mass is 10.2. The largest absolute Gasteiger partial charge is 0.507 e. The normalized spacial score (nSPS) is 11.6. The van der Waals surface area contributed by atoms with Crippen molar-refractivity contribution in [2.75, 3.05) is 0 Å². The van der Waals surface area contributed by atoms with Gasteiger partial charge in [-0.05, 0) is 30.3 Å². The average molecular weight is 293 g/mol. The van der Waals surface area contributed by atoms with Crippen LogP contribution in [0.15, 0.2) is 55.7 Å². The van der Waals surface area contributed by atoms with E-state index in [9.17, 15) is 5.11 Å². The first-order valence-electron chi connectivity index (χ1n) is 4.84. The fraction of sp³-hybridized carbons (Fsp3) is 0. The van der Waals surface area contributed by atoms with Crippen molar-refractivity contribution in [2.24, 2.45) is 10.2 Å². The van der Waals surface area contributed by atoms with Gasteiger partial charge in [-0.1, -0.05) is 15.9 Å². The summed E-state index contributed by atoms with van der Waals surface area (Å²) < 4.78 is 5.92. The van der Waals surface area contributed by atoms with Crippen LogP contribution in [0.3, 0.4) is 0 Å². The Hall–Kier alpha value is -1.88. The van der Waals surface area contributed by atoms with Gasteiger partial charge in [0.15, 0.2) is 0 Å². The van der Waals surface area contributed by atoms with E-state index < -0.39 is 0 Å². The van der Waals surface area contributed by atoms with E-state index in [1.165, 1.54) is 12.4 Å². The van der Waals surface area contributed by atoms with Crippen molar-refractivity contribution < 1.29 is 9.52 Å². The predicted octanol–water partition coefficient (Wildman–Crippen LogP) is 3.20. The molecule has 1 N–H and O–H groups in total. The molecule has 0 aliphatic rings. The predicted molar refractivity (Wildman–Crippen MR) is 69.7 cm³/mol. The first kappa shape index (κ1) is 11.6. The van der Waals surface area contributed by atoms with Gasteiger partial charge < -0.3 is 9.52 Å². The molecule has 0 amide bonds. The zero-order valence-electron chi connectivity index (χ0n) is 8.75. The second-order valence-corrected chi connectivity index (χ2v) is 4.12. The van der Waals surface area contributed by atoms with Gasteiger partial charge in [-0.15, -0.1) is 0 Å². The minimum atomic E-state index is 0.158. The number of hydrogen-bond donors (Lipinski definition) is 1. The van der Waals surface area contributed by atoms with Crippen LogP contribution in [-0.2, 0) is 0 Å². The van der Waals surface area contributed by atoms with Crippen molar-refractivity contribution in [1.82, 2.24) is 0 Å². The molecule has 0 radical (unpaired) electrons. The Labute approximate surface area is 106 Å². The molecule has 0 unspecified atom stereocenters. The molecular formula is C12H9BrN2O2. The molecule has 0 aliphatic carbocycles. The molecule has 0 saturated carbocycles. The summed E-state index contributed by atoms with van der Waals surface area (Å²) in [4.78, 5) is 0. The molecule has 1 aromatic carbocycles. The van der Waals surface area contributed by atoms with E-state index in [1.54, 1.807) is 36.6 Å². The first-order chi connectivity index (χ1) is 8.25. The van der Waals surface area contributed by atoms with E-state index in [2.05, 4.69) is 26.1 Å². The number of benzene rings is 1. The lowest BCUT2D eigenvalue weighted by Gasteiger charge is -1.97. The summed E-state index contributed by atoms with van der Waals surface area (Å²) in [5.41, 5.74) is 0.593. The highest BCUT2D eigenvalue weighted by molar-refractivity contribution is 9.10. The summed E-state index contributed by atoms with van der Waals surface area (Å²) in [6.07, 6.45) is 4.52. The lowest BCUT2D eigenvalue weighted by Crippen LogP contribution is -1.82. The summed E-state index contributed by atoms with van der Waals surface area (Å²) >= 11 is 3.31. The Balaban J connectivity index is 2.08. The van der Waals surface area contributed by atoms with Crippen molar-refractivity contribution in [2.45, 2.75) is 0 Å². The molecule has 0 spiro atoms. The Morgan fingerprint density at radius 1 is 1.18 bits per heavy atom. The molecular weight excluding hydrogens is 284 g/mol. The Morgan fingerprint density at radius 3 is 2.76 bits per heavy atom. The molecule has 0 fully saturated rings. The molecule has 0 saturated heterocycles. The number of aromatic hydroxyl groups is 1. The van der Waals surface area contributed by atoms with Gasteiger partial charge in [-0.2, -0.15) is 10.2 Å². The van der Waals surface area contributed by atoms with E-state index in [-0.39, 0.29) is 5.75 Å². The summed E-state index contributed by atoms with van der Waals surface area (Å²) in [5.74, 6) is 0.783. The van der Waals surface area contributed by atoms with Crippen LogP contribution in [0.4, 0.5) is 0 Å².